The molecule has 7 heteroatoms. The minimum Gasteiger partial charge on any atom is -0.307 e. The highest BCUT2D eigenvalue weighted by atomic mass is 32.1. The highest BCUT2D eigenvalue weighted by Crippen LogP contribution is 2.44. The summed E-state index contributed by atoms with van der Waals surface area (Å²) in [7, 11) is 0. The van der Waals surface area contributed by atoms with Crippen molar-refractivity contribution in [3.63, 3.8) is 0 Å². The molecule has 4 aromatic heterocycles. The van der Waals surface area contributed by atoms with Gasteiger partial charge in [0.25, 0.3) is 0 Å². The Labute approximate surface area is 353 Å². The van der Waals surface area contributed by atoms with Gasteiger partial charge in [-0.3, -0.25) is 0 Å². The predicted octanol–water partition coefficient (Wildman–Crippen LogP) is 13.8. The lowest BCUT2D eigenvalue weighted by atomic mass is 9.98. The quantitative estimate of drug-likeness (QED) is 0.174. The van der Waals surface area contributed by atoms with Gasteiger partial charge in [0.05, 0.1) is 44.7 Å². The number of nitrogens with zero attached hydrogens (tertiary/aromatic N) is 6. The molecule has 61 heavy (non-hydrogen) atoms. The van der Waals surface area contributed by atoms with Crippen molar-refractivity contribution in [3.05, 3.63) is 193 Å². The van der Waals surface area contributed by atoms with E-state index >= 15 is 0 Å². The average molecular weight is 795 g/mol. The molecule has 0 aliphatic heterocycles. The van der Waals surface area contributed by atoms with Crippen molar-refractivity contribution < 1.29 is 0 Å². The van der Waals surface area contributed by atoms with Crippen LogP contribution in [0.1, 0.15) is 11.1 Å². The van der Waals surface area contributed by atoms with Crippen LogP contribution in [0, 0.1) is 22.7 Å². The van der Waals surface area contributed by atoms with Crippen LogP contribution in [0.5, 0.6) is 0 Å². The Balaban J connectivity index is 1.14. The molecule has 0 amide bonds. The summed E-state index contributed by atoms with van der Waals surface area (Å²) < 4.78 is 6.90. The van der Waals surface area contributed by atoms with Gasteiger partial charge in [-0.15, -0.1) is 11.3 Å². The molecule has 0 fully saturated rings. The molecule has 8 aromatic carbocycles. The Bertz CT molecular complexity index is 3840. The van der Waals surface area contributed by atoms with Gasteiger partial charge in [0.15, 0.2) is 5.82 Å². The van der Waals surface area contributed by atoms with E-state index in [1.165, 1.54) is 4.70 Å². The van der Waals surface area contributed by atoms with E-state index in [-0.39, 0.29) is 0 Å². The normalized spacial score (nSPS) is 11.6. The molecule has 0 bridgehead atoms. The van der Waals surface area contributed by atoms with E-state index in [1.807, 2.05) is 66.7 Å². The van der Waals surface area contributed by atoms with E-state index < -0.39 is 0 Å². The zero-order chi connectivity index (χ0) is 40.6. The fraction of sp³-hybridized carbons (Fsp3) is 0. The summed E-state index contributed by atoms with van der Waals surface area (Å²) in [4.78, 5) is 10.4. The maximum Gasteiger partial charge on any atom is 0.161 e. The summed E-state index contributed by atoms with van der Waals surface area (Å²) in [6.45, 7) is 0. The van der Waals surface area contributed by atoms with Crippen molar-refractivity contribution in [1.29, 1.82) is 10.5 Å². The van der Waals surface area contributed by atoms with Crippen molar-refractivity contribution in [1.82, 2.24) is 19.1 Å². The van der Waals surface area contributed by atoms with Gasteiger partial charge in [-0.05, 0) is 48.5 Å². The van der Waals surface area contributed by atoms with Gasteiger partial charge >= 0.3 is 0 Å². The number of rotatable bonds is 5. The summed E-state index contributed by atoms with van der Waals surface area (Å²) in [5.74, 6) is 0.517. The lowest BCUT2D eigenvalue weighted by Gasteiger charge is -2.16. The smallest absolute Gasteiger partial charge is 0.161 e. The zero-order valence-corrected chi connectivity index (χ0v) is 33.2. The van der Waals surface area contributed by atoms with Crippen LogP contribution < -0.4 is 0 Å². The molecule has 0 radical (unpaired) electrons. The molecule has 12 aromatic rings. The number of fused-ring (bicyclic) bond motifs is 10. The van der Waals surface area contributed by atoms with E-state index in [2.05, 4.69) is 137 Å². The molecule has 0 atom stereocenters. The molecule has 0 aliphatic carbocycles. The Morgan fingerprint density at radius 3 is 1.75 bits per heavy atom. The maximum atomic E-state index is 11.1. The third kappa shape index (κ3) is 5.19. The van der Waals surface area contributed by atoms with Gasteiger partial charge < -0.3 is 9.13 Å². The number of benzene rings is 8. The molecule has 12 rings (SSSR count). The van der Waals surface area contributed by atoms with Crippen molar-refractivity contribution in [2.24, 2.45) is 0 Å². The topological polar surface area (TPSA) is 83.2 Å². The first-order chi connectivity index (χ1) is 30.2. The summed E-state index contributed by atoms with van der Waals surface area (Å²) in [5.41, 5.74) is 10.1. The second-order valence-electron chi connectivity index (χ2n) is 15.1. The van der Waals surface area contributed by atoms with Gasteiger partial charge in [-0.1, -0.05) is 133 Å². The molecule has 0 spiro atoms. The predicted molar refractivity (Wildman–Crippen MR) is 249 cm³/mol. The van der Waals surface area contributed by atoms with Gasteiger partial charge in [0, 0.05) is 64.1 Å². The highest BCUT2D eigenvalue weighted by Gasteiger charge is 2.25. The van der Waals surface area contributed by atoms with E-state index in [4.69, 9.17) is 9.97 Å². The van der Waals surface area contributed by atoms with Gasteiger partial charge in [-0.25, -0.2) is 9.97 Å². The maximum absolute atomic E-state index is 11.1. The fourth-order valence-corrected chi connectivity index (χ4v) is 10.4. The molecule has 0 saturated carbocycles. The van der Waals surface area contributed by atoms with Crippen molar-refractivity contribution in [3.8, 4) is 57.4 Å². The lowest BCUT2D eigenvalue weighted by Crippen LogP contribution is -2.03. The van der Waals surface area contributed by atoms with E-state index in [0.29, 0.717) is 33.9 Å². The SMILES string of the molecule is N#Cc1cc(-c2nc(-c3cccc4sc5ccccc5c34)nc(-c3ccccc3)c2C#N)ccc1-n1c2ccccc2c2ccc3c4ccccc4n(-c4ccccc4)c3c21. The molecular weight excluding hydrogens is 765 g/mol. The number of para-hydroxylation sites is 3. The summed E-state index contributed by atoms with van der Waals surface area (Å²) in [6, 6.07) is 67.1. The van der Waals surface area contributed by atoms with Crippen molar-refractivity contribution in [2.45, 2.75) is 0 Å². The summed E-state index contributed by atoms with van der Waals surface area (Å²) >= 11 is 1.74. The van der Waals surface area contributed by atoms with E-state index in [1.54, 1.807) is 11.3 Å². The van der Waals surface area contributed by atoms with Gasteiger partial charge in [-0.2, -0.15) is 10.5 Å². The standard InChI is InChI=1S/C54H30N6S/c55-31-35-30-34(51-43(32-56)50(33-14-3-1-4-15-33)57-54(58-51)42-21-13-25-48-49(42)41-20-9-12-24-47(41)61-48)26-29-44(35)60-46-23-11-8-19-38(46)40-28-27-39-37-18-7-10-22-45(37)59(52(39)53(40)60)36-16-5-2-6-17-36/h1-30H. The molecular formula is C54H30N6S. The molecule has 0 N–H and O–H groups in total. The van der Waals surface area contributed by atoms with Crippen LogP contribution in [0.4, 0.5) is 0 Å². The number of nitriles is 2. The average Bonchev–Trinajstić information content (AvgIpc) is 3.99. The Morgan fingerprint density at radius 1 is 0.459 bits per heavy atom. The minimum atomic E-state index is 0.347. The van der Waals surface area contributed by atoms with Crippen LogP contribution in [0.25, 0.3) is 109 Å². The largest absolute Gasteiger partial charge is 0.307 e. The van der Waals surface area contributed by atoms with Crippen LogP contribution >= 0.6 is 11.3 Å². The number of aromatic nitrogens is 4. The molecule has 282 valence electrons. The van der Waals surface area contributed by atoms with Crippen LogP contribution in [0.15, 0.2) is 182 Å². The van der Waals surface area contributed by atoms with E-state index in [9.17, 15) is 10.5 Å². The third-order valence-corrected chi connectivity index (χ3v) is 13.0. The van der Waals surface area contributed by atoms with Gasteiger partial charge in [0.1, 0.15) is 17.7 Å². The van der Waals surface area contributed by atoms with E-state index in [0.717, 1.165) is 81.6 Å². The Hall–Kier alpha value is -8.36. The fourth-order valence-electron chi connectivity index (χ4n) is 9.23. The first-order valence-corrected chi connectivity index (χ1v) is 20.9. The number of thiophene rings is 1. The third-order valence-electron chi connectivity index (χ3n) is 11.8. The van der Waals surface area contributed by atoms with Crippen LogP contribution in [0.3, 0.4) is 0 Å². The second-order valence-corrected chi connectivity index (χ2v) is 16.2. The monoisotopic (exact) mass is 794 g/mol. The zero-order valence-electron chi connectivity index (χ0n) is 32.4. The summed E-state index contributed by atoms with van der Waals surface area (Å²) in [6.07, 6.45) is 0. The molecule has 0 unspecified atom stereocenters. The number of hydrogen-bond acceptors (Lipinski definition) is 5. The van der Waals surface area contributed by atoms with Crippen molar-refractivity contribution >= 4 is 75.1 Å². The Kier molecular flexibility index (Phi) is 7.73. The molecule has 4 heterocycles. The summed E-state index contributed by atoms with van der Waals surface area (Å²) in [5, 5.41) is 28.7. The van der Waals surface area contributed by atoms with Crippen LogP contribution in [0.2, 0.25) is 0 Å². The minimum absolute atomic E-state index is 0.347. The molecule has 6 nitrogen and oxygen atoms in total. The first kappa shape index (κ1) is 34.7. The highest BCUT2D eigenvalue weighted by molar-refractivity contribution is 7.25. The number of hydrogen-bond donors (Lipinski definition) is 0. The molecule has 0 saturated heterocycles. The lowest BCUT2D eigenvalue weighted by molar-refractivity contribution is 1.14. The van der Waals surface area contributed by atoms with Crippen LogP contribution in [-0.2, 0) is 0 Å². The van der Waals surface area contributed by atoms with Crippen LogP contribution in [-0.4, -0.2) is 19.1 Å². The Morgan fingerprint density at radius 2 is 1.05 bits per heavy atom. The first-order valence-electron chi connectivity index (χ1n) is 20.0. The van der Waals surface area contributed by atoms with Crippen molar-refractivity contribution in [2.75, 3.05) is 0 Å². The second kappa shape index (κ2) is 13.6. The van der Waals surface area contributed by atoms with Gasteiger partial charge in [0.2, 0.25) is 0 Å². The molecule has 0 aliphatic rings.